The highest BCUT2D eigenvalue weighted by molar-refractivity contribution is 6.03. The second kappa shape index (κ2) is 6.20. The van der Waals surface area contributed by atoms with Gasteiger partial charge in [0.2, 0.25) is 0 Å². The second-order valence-corrected chi connectivity index (χ2v) is 6.33. The molecular weight excluding hydrogens is 320 g/mol. The summed E-state index contributed by atoms with van der Waals surface area (Å²) in [5.74, 6) is 0.196. The molecule has 1 aliphatic heterocycles. The summed E-state index contributed by atoms with van der Waals surface area (Å²) in [6, 6.07) is 7.51. The lowest BCUT2D eigenvalue weighted by atomic mass is 10.0. The van der Waals surface area contributed by atoms with Gasteiger partial charge >= 0.3 is 0 Å². The molecule has 25 heavy (non-hydrogen) atoms. The molecule has 0 saturated carbocycles. The van der Waals surface area contributed by atoms with Crippen LogP contribution in [0.1, 0.15) is 35.8 Å². The van der Waals surface area contributed by atoms with Crippen molar-refractivity contribution >= 4 is 17.4 Å². The fourth-order valence-corrected chi connectivity index (χ4v) is 2.95. The van der Waals surface area contributed by atoms with Crippen LogP contribution < -0.4 is 15.2 Å². The SMILES string of the molecule is Cc1ccc(=O)n(C(C)C(=O)c2ccc3c(c2)N(C)C(=O)C(C)O3)c1. The summed E-state index contributed by atoms with van der Waals surface area (Å²) in [4.78, 5) is 38.5. The number of carbonyl (C=O) groups is 2. The Hall–Kier alpha value is -2.89. The topological polar surface area (TPSA) is 68.6 Å². The van der Waals surface area contributed by atoms with Crippen molar-refractivity contribution in [3.8, 4) is 5.75 Å². The van der Waals surface area contributed by atoms with Crippen LogP contribution >= 0.6 is 0 Å². The summed E-state index contributed by atoms with van der Waals surface area (Å²) < 4.78 is 6.99. The van der Waals surface area contributed by atoms with Crippen molar-refractivity contribution in [1.29, 1.82) is 0 Å². The van der Waals surface area contributed by atoms with Crippen molar-refractivity contribution < 1.29 is 14.3 Å². The van der Waals surface area contributed by atoms with Gasteiger partial charge in [-0.05, 0) is 44.5 Å². The summed E-state index contributed by atoms with van der Waals surface area (Å²) >= 11 is 0. The van der Waals surface area contributed by atoms with Gasteiger partial charge in [-0.3, -0.25) is 14.4 Å². The molecule has 2 heterocycles. The normalized spacial score (nSPS) is 17.7. The number of benzene rings is 1. The molecule has 2 atom stereocenters. The van der Waals surface area contributed by atoms with Gasteiger partial charge in [0.15, 0.2) is 11.9 Å². The summed E-state index contributed by atoms with van der Waals surface area (Å²) in [6.45, 7) is 5.24. The van der Waals surface area contributed by atoms with Crippen LogP contribution in [0.15, 0.2) is 41.3 Å². The van der Waals surface area contributed by atoms with Crippen molar-refractivity contribution in [2.45, 2.75) is 32.9 Å². The third-order valence-corrected chi connectivity index (χ3v) is 4.47. The minimum absolute atomic E-state index is 0.167. The third-order valence-electron chi connectivity index (χ3n) is 4.47. The fourth-order valence-electron chi connectivity index (χ4n) is 2.95. The average molecular weight is 340 g/mol. The van der Waals surface area contributed by atoms with E-state index in [0.29, 0.717) is 17.0 Å². The van der Waals surface area contributed by atoms with E-state index in [1.807, 2.05) is 6.92 Å². The number of nitrogens with zero attached hydrogens (tertiary/aromatic N) is 2. The van der Waals surface area contributed by atoms with E-state index in [1.165, 1.54) is 15.5 Å². The molecule has 1 aromatic carbocycles. The molecule has 0 radical (unpaired) electrons. The van der Waals surface area contributed by atoms with Crippen LogP contribution in [0.4, 0.5) is 5.69 Å². The molecule has 0 N–H and O–H groups in total. The number of rotatable bonds is 3. The number of hydrogen-bond donors (Lipinski definition) is 0. The smallest absolute Gasteiger partial charge is 0.267 e. The number of aryl methyl sites for hydroxylation is 1. The zero-order valence-corrected chi connectivity index (χ0v) is 14.6. The molecule has 0 bridgehead atoms. The Labute approximate surface area is 145 Å². The largest absolute Gasteiger partial charge is 0.479 e. The Morgan fingerprint density at radius 1 is 1.20 bits per heavy atom. The number of hydrogen-bond acceptors (Lipinski definition) is 4. The van der Waals surface area contributed by atoms with Gasteiger partial charge in [-0.25, -0.2) is 0 Å². The molecule has 6 heteroatoms. The molecule has 0 fully saturated rings. The van der Waals surface area contributed by atoms with E-state index >= 15 is 0 Å². The zero-order chi connectivity index (χ0) is 18.3. The lowest BCUT2D eigenvalue weighted by Gasteiger charge is -2.30. The molecule has 130 valence electrons. The van der Waals surface area contributed by atoms with E-state index in [0.717, 1.165) is 5.56 Å². The minimum atomic E-state index is -0.644. The molecule has 2 aromatic rings. The maximum absolute atomic E-state index is 12.8. The Bertz CT molecular complexity index is 916. The first-order valence-electron chi connectivity index (χ1n) is 8.11. The molecule has 0 aliphatic carbocycles. The molecule has 1 aromatic heterocycles. The number of aromatic nitrogens is 1. The van der Waals surface area contributed by atoms with Crippen LogP contribution in [0.2, 0.25) is 0 Å². The van der Waals surface area contributed by atoms with Gasteiger partial charge in [0.1, 0.15) is 5.75 Å². The highest BCUT2D eigenvalue weighted by atomic mass is 16.5. The van der Waals surface area contributed by atoms with Gasteiger partial charge in [-0.15, -0.1) is 0 Å². The number of Topliss-reactive ketones (excluding diaryl/α,β-unsaturated/α-hetero) is 1. The molecule has 6 nitrogen and oxygen atoms in total. The van der Waals surface area contributed by atoms with Gasteiger partial charge in [-0.2, -0.15) is 0 Å². The molecule has 1 aliphatic rings. The number of likely N-dealkylation sites (N-methyl/N-ethyl adjacent to an activating group) is 1. The lowest BCUT2D eigenvalue weighted by Crippen LogP contribution is -2.42. The van der Waals surface area contributed by atoms with Crippen molar-refractivity contribution in [2.75, 3.05) is 11.9 Å². The Kier molecular flexibility index (Phi) is 4.20. The molecule has 1 amide bonds. The average Bonchev–Trinajstić information content (AvgIpc) is 2.60. The van der Waals surface area contributed by atoms with Gasteiger partial charge < -0.3 is 14.2 Å². The molecule has 3 rings (SSSR count). The monoisotopic (exact) mass is 340 g/mol. The number of fused-ring (bicyclic) bond motifs is 1. The summed E-state index contributed by atoms with van der Waals surface area (Å²) in [5.41, 5.74) is 1.65. The predicted octanol–water partition coefficient (Wildman–Crippen LogP) is 2.34. The molecule has 0 saturated heterocycles. The Morgan fingerprint density at radius 3 is 2.64 bits per heavy atom. The van der Waals surface area contributed by atoms with Crippen LogP contribution in [0, 0.1) is 6.92 Å². The van der Waals surface area contributed by atoms with Gasteiger partial charge in [0, 0.05) is 24.9 Å². The Balaban J connectivity index is 1.97. The number of pyridine rings is 1. The number of anilines is 1. The summed E-state index contributed by atoms with van der Waals surface area (Å²) in [7, 11) is 1.66. The zero-order valence-electron chi connectivity index (χ0n) is 14.6. The predicted molar refractivity (Wildman–Crippen MR) is 94.4 cm³/mol. The number of ketones is 1. The van der Waals surface area contributed by atoms with Crippen molar-refractivity contribution in [2.24, 2.45) is 0 Å². The van der Waals surface area contributed by atoms with Crippen LogP contribution in [0.3, 0.4) is 0 Å². The fraction of sp³-hybridized carbons (Fsp3) is 0.316. The van der Waals surface area contributed by atoms with E-state index in [1.54, 1.807) is 51.4 Å². The Morgan fingerprint density at radius 2 is 1.92 bits per heavy atom. The van der Waals surface area contributed by atoms with E-state index in [9.17, 15) is 14.4 Å². The number of carbonyl (C=O) groups excluding carboxylic acids is 2. The highest BCUT2D eigenvalue weighted by Gasteiger charge is 2.30. The highest BCUT2D eigenvalue weighted by Crippen LogP contribution is 2.34. The van der Waals surface area contributed by atoms with Crippen LogP contribution in [0.5, 0.6) is 5.75 Å². The van der Waals surface area contributed by atoms with E-state index in [-0.39, 0.29) is 17.2 Å². The van der Waals surface area contributed by atoms with Crippen LogP contribution in [-0.4, -0.2) is 29.4 Å². The number of amides is 1. The summed E-state index contributed by atoms with van der Waals surface area (Å²) in [6.07, 6.45) is 1.12. The lowest BCUT2D eigenvalue weighted by molar-refractivity contribution is -0.125. The second-order valence-electron chi connectivity index (χ2n) is 6.33. The van der Waals surface area contributed by atoms with Gasteiger partial charge in [0.25, 0.3) is 11.5 Å². The maximum Gasteiger partial charge on any atom is 0.267 e. The van der Waals surface area contributed by atoms with Crippen molar-refractivity contribution in [3.05, 3.63) is 58.0 Å². The van der Waals surface area contributed by atoms with Gasteiger partial charge in [0.05, 0.1) is 11.7 Å². The first-order valence-corrected chi connectivity index (χ1v) is 8.11. The molecule has 2 unspecified atom stereocenters. The first-order chi connectivity index (χ1) is 11.8. The van der Waals surface area contributed by atoms with E-state index < -0.39 is 12.1 Å². The molecular formula is C19H20N2O4. The van der Waals surface area contributed by atoms with Gasteiger partial charge in [-0.1, -0.05) is 6.07 Å². The van der Waals surface area contributed by atoms with Crippen molar-refractivity contribution in [3.63, 3.8) is 0 Å². The molecule has 0 spiro atoms. The third kappa shape index (κ3) is 2.95. The van der Waals surface area contributed by atoms with Crippen LogP contribution in [0.25, 0.3) is 0 Å². The first kappa shape index (κ1) is 17.0. The quantitative estimate of drug-likeness (QED) is 0.804. The number of ether oxygens (including phenoxy) is 1. The van der Waals surface area contributed by atoms with Crippen LogP contribution in [-0.2, 0) is 4.79 Å². The summed E-state index contributed by atoms with van der Waals surface area (Å²) in [5, 5.41) is 0. The van der Waals surface area contributed by atoms with E-state index in [2.05, 4.69) is 0 Å². The van der Waals surface area contributed by atoms with Crippen molar-refractivity contribution in [1.82, 2.24) is 4.57 Å². The standard InChI is InChI=1S/C19H20N2O4/c1-11-5-8-17(22)21(10-11)12(2)18(23)14-6-7-16-15(9-14)20(4)19(24)13(3)25-16/h5-10,12-13H,1-4H3. The maximum atomic E-state index is 12.8. The van der Waals surface area contributed by atoms with E-state index in [4.69, 9.17) is 4.74 Å². The minimum Gasteiger partial charge on any atom is -0.479 e.